The summed E-state index contributed by atoms with van der Waals surface area (Å²) in [6.07, 6.45) is 5.05. The van der Waals surface area contributed by atoms with Crippen molar-refractivity contribution in [3.8, 4) is 0 Å². The zero-order valence-electron chi connectivity index (χ0n) is 13.4. The Hall–Kier alpha value is -0.910. The summed E-state index contributed by atoms with van der Waals surface area (Å²) in [5.74, 6) is 0.203. The van der Waals surface area contributed by atoms with Crippen LogP contribution in [-0.2, 0) is 16.1 Å². The van der Waals surface area contributed by atoms with Crippen molar-refractivity contribution >= 4 is 17.2 Å². The fourth-order valence-corrected chi connectivity index (χ4v) is 4.42. The molecule has 1 amide bonds. The number of rotatable bonds is 3. The van der Waals surface area contributed by atoms with Crippen molar-refractivity contribution in [1.82, 2.24) is 9.80 Å². The van der Waals surface area contributed by atoms with E-state index in [0.29, 0.717) is 6.10 Å². The first kappa shape index (κ1) is 16.0. The Bertz CT molecular complexity index is 497. The van der Waals surface area contributed by atoms with Gasteiger partial charge in [0.2, 0.25) is 5.91 Å². The normalized spacial score (nSPS) is 24.2. The van der Waals surface area contributed by atoms with Gasteiger partial charge in [-0.25, -0.2) is 0 Å². The number of thiophene rings is 1. The molecular formula is C17H26N2O2S. The molecule has 3 heterocycles. The van der Waals surface area contributed by atoms with Crippen LogP contribution in [0.4, 0.5) is 0 Å². The molecule has 0 unspecified atom stereocenters. The van der Waals surface area contributed by atoms with E-state index < -0.39 is 0 Å². The molecule has 1 aromatic rings. The molecule has 0 radical (unpaired) electrons. The summed E-state index contributed by atoms with van der Waals surface area (Å²) in [4.78, 5) is 18.7. The molecule has 0 aromatic carbocycles. The van der Waals surface area contributed by atoms with E-state index >= 15 is 0 Å². The van der Waals surface area contributed by atoms with Crippen molar-refractivity contribution < 1.29 is 9.53 Å². The van der Waals surface area contributed by atoms with Gasteiger partial charge in [0.25, 0.3) is 0 Å². The van der Waals surface area contributed by atoms with Gasteiger partial charge >= 0.3 is 0 Å². The summed E-state index contributed by atoms with van der Waals surface area (Å²) in [7, 11) is 0. The summed E-state index contributed by atoms with van der Waals surface area (Å²) in [5.41, 5.74) is 0. The van der Waals surface area contributed by atoms with Crippen LogP contribution in [0.2, 0.25) is 0 Å². The molecule has 2 fully saturated rings. The molecule has 2 saturated heterocycles. The number of amides is 1. The van der Waals surface area contributed by atoms with Gasteiger partial charge in [0.1, 0.15) is 0 Å². The van der Waals surface area contributed by atoms with Gasteiger partial charge < -0.3 is 9.64 Å². The van der Waals surface area contributed by atoms with E-state index in [0.717, 1.165) is 52.2 Å². The fourth-order valence-electron chi connectivity index (χ4n) is 3.28. The molecule has 0 bridgehead atoms. The summed E-state index contributed by atoms with van der Waals surface area (Å²) in [6.45, 7) is 7.40. The van der Waals surface area contributed by atoms with Crippen LogP contribution < -0.4 is 0 Å². The van der Waals surface area contributed by atoms with E-state index in [4.69, 9.17) is 4.74 Å². The van der Waals surface area contributed by atoms with Crippen LogP contribution in [0.5, 0.6) is 0 Å². The second-order valence-electron chi connectivity index (χ2n) is 6.30. The van der Waals surface area contributed by atoms with Crippen LogP contribution in [0.1, 0.15) is 48.5 Å². The van der Waals surface area contributed by atoms with Gasteiger partial charge in [-0.1, -0.05) is 0 Å². The quantitative estimate of drug-likeness (QED) is 0.857. The minimum Gasteiger partial charge on any atom is -0.373 e. The zero-order chi connectivity index (χ0) is 15.4. The van der Waals surface area contributed by atoms with Gasteiger partial charge in [0, 0.05) is 56.0 Å². The van der Waals surface area contributed by atoms with Crippen molar-refractivity contribution in [3.63, 3.8) is 0 Å². The minimum atomic E-state index is 0.203. The average molecular weight is 322 g/mol. The van der Waals surface area contributed by atoms with E-state index in [1.807, 2.05) is 16.2 Å². The van der Waals surface area contributed by atoms with Crippen LogP contribution in [0.3, 0.4) is 0 Å². The molecule has 0 N–H and O–H groups in total. The Morgan fingerprint density at radius 1 is 1.23 bits per heavy atom. The highest BCUT2D eigenvalue weighted by Crippen LogP contribution is 2.33. The van der Waals surface area contributed by atoms with Gasteiger partial charge in [0.15, 0.2) is 0 Å². The maximum atomic E-state index is 11.5. The first-order valence-corrected chi connectivity index (χ1v) is 9.22. The average Bonchev–Trinajstić information content (AvgIpc) is 2.86. The molecule has 2 aliphatic heterocycles. The Kier molecular flexibility index (Phi) is 5.50. The molecule has 0 saturated carbocycles. The van der Waals surface area contributed by atoms with E-state index in [1.165, 1.54) is 22.6 Å². The molecule has 3 rings (SSSR count). The van der Waals surface area contributed by atoms with Crippen LogP contribution >= 0.6 is 11.3 Å². The zero-order valence-corrected chi connectivity index (χ0v) is 14.2. The summed E-state index contributed by atoms with van der Waals surface area (Å²) < 4.78 is 5.88. The van der Waals surface area contributed by atoms with Gasteiger partial charge in [-0.15, -0.1) is 11.3 Å². The first-order valence-electron chi connectivity index (χ1n) is 8.40. The summed E-state index contributed by atoms with van der Waals surface area (Å²) in [5, 5.41) is 0. The largest absolute Gasteiger partial charge is 0.373 e. The molecule has 22 heavy (non-hydrogen) atoms. The van der Waals surface area contributed by atoms with Crippen molar-refractivity contribution in [2.45, 2.75) is 45.3 Å². The predicted molar refractivity (Wildman–Crippen MR) is 89.0 cm³/mol. The van der Waals surface area contributed by atoms with E-state index in [1.54, 1.807) is 6.92 Å². The molecule has 5 heteroatoms. The van der Waals surface area contributed by atoms with E-state index in [-0.39, 0.29) is 5.91 Å². The molecule has 0 aliphatic carbocycles. The molecule has 2 aliphatic rings. The summed E-state index contributed by atoms with van der Waals surface area (Å²) >= 11 is 1.90. The highest BCUT2D eigenvalue weighted by atomic mass is 32.1. The highest BCUT2D eigenvalue weighted by Gasteiger charge is 2.20. The maximum absolute atomic E-state index is 11.5. The van der Waals surface area contributed by atoms with E-state index in [2.05, 4.69) is 17.0 Å². The number of carbonyl (C=O) groups is 1. The lowest BCUT2D eigenvalue weighted by molar-refractivity contribution is -0.128. The predicted octanol–water partition coefficient (Wildman–Crippen LogP) is 3.04. The van der Waals surface area contributed by atoms with Crippen molar-refractivity contribution in [1.29, 1.82) is 0 Å². The lowest BCUT2D eigenvalue weighted by Gasteiger charge is -2.21. The standard InChI is InChI=1S/C17H26N2O2S/c1-14(20)19-9-4-8-18(10-11-19)13-15-6-7-17(22-15)16-5-2-3-12-21-16/h6-7,16H,2-5,8-13H2,1H3/t16-/m0/s1. The van der Waals surface area contributed by atoms with Crippen LogP contribution in [0.25, 0.3) is 0 Å². The molecule has 1 atom stereocenters. The Morgan fingerprint density at radius 2 is 2.14 bits per heavy atom. The Labute approximate surface area is 137 Å². The number of carbonyl (C=O) groups excluding carboxylic acids is 1. The summed E-state index contributed by atoms with van der Waals surface area (Å²) in [6, 6.07) is 4.50. The first-order chi connectivity index (χ1) is 10.7. The molecule has 0 spiro atoms. The smallest absolute Gasteiger partial charge is 0.219 e. The molecule has 122 valence electrons. The Morgan fingerprint density at radius 3 is 2.91 bits per heavy atom. The minimum absolute atomic E-state index is 0.203. The third-order valence-electron chi connectivity index (χ3n) is 4.59. The second kappa shape index (κ2) is 7.57. The van der Waals surface area contributed by atoms with Crippen LogP contribution in [-0.4, -0.2) is 48.5 Å². The monoisotopic (exact) mass is 322 g/mol. The van der Waals surface area contributed by atoms with Crippen molar-refractivity contribution in [2.75, 3.05) is 32.8 Å². The third-order valence-corrected chi connectivity index (χ3v) is 5.75. The van der Waals surface area contributed by atoms with E-state index in [9.17, 15) is 4.79 Å². The maximum Gasteiger partial charge on any atom is 0.219 e. The van der Waals surface area contributed by atoms with Crippen molar-refractivity contribution in [3.05, 3.63) is 21.9 Å². The molecule has 4 nitrogen and oxygen atoms in total. The van der Waals surface area contributed by atoms with Gasteiger partial charge in [0.05, 0.1) is 6.10 Å². The number of hydrogen-bond donors (Lipinski definition) is 0. The topological polar surface area (TPSA) is 32.8 Å². The van der Waals surface area contributed by atoms with Gasteiger partial charge in [-0.2, -0.15) is 0 Å². The Balaban J connectivity index is 1.54. The SMILES string of the molecule is CC(=O)N1CCCN(Cc2ccc([C@@H]3CCCCO3)s2)CC1. The number of ether oxygens (including phenoxy) is 1. The van der Waals surface area contributed by atoms with Crippen molar-refractivity contribution in [2.24, 2.45) is 0 Å². The van der Waals surface area contributed by atoms with Crippen LogP contribution in [0.15, 0.2) is 12.1 Å². The number of hydrogen-bond acceptors (Lipinski definition) is 4. The lowest BCUT2D eigenvalue weighted by atomic mass is 10.1. The number of nitrogens with zero attached hydrogens (tertiary/aromatic N) is 2. The van der Waals surface area contributed by atoms with Gasteiger partial charge in [-0.05, 0) is 37.8 Å². The lowest BCUT2D eigenvalue weighted by Crippen LogP contribution is -2.33. The van der Waals surface area contributed by atoms with Gasteiger partial charge in [-0.3, -0.25) is 9.69 Å². The fraction of sp³-hybridized carbons (Fsp3) is 0.706. The molecule has 1 aromatic heterocycles. The third kappa shape index (κ3) is 4.09. The van der Waals surface area contributed by atoms with Crippen LogP contribution in [0, 0.1) is 0 Å². The molecular weight excluding hydrogens is 296 g/mol. The second-order valence-corrected chi connectivity index (χ2v) is 7.49. The highest BCUT2D eigenvalue weighted by molar-refractivity contribution is 7.12.